The van der Waals surface area contributed by atoms with Crippen molar-refractivity contribution < 1.29 is 4.42 Å². The monoisotopic (exact) mass is 226 g/mol. The molecule has 1 aliphatic carbocycles. The Morgan fingerprint density at radius 3 is 2.82 bits per heavy atom. The predicted molar refractivity (Wildman–Crippen MR) is 71.8 cm³/mol. The van der Waals surface area contributed by atoms with Gasteiger partial charge in [-0.1, -0.05) is 37.1 Å². The van der Waals surface area contributed by atoms with Crippen molar-refractivity contribution >= 4 is 16.5 Å². The van der Waals surface area contributed by atoms with Crippen LogP contribution < -0.4 is 0 Å². The van der Waals surface area contributed by atoms with Crippen LogP contribution in [-0.2, 0) is 0 Å². The number of fused-ring (bicyclic) bond motifs is 1. The summed E-state index contributed by atoms with van der Waals surface area (Å²) >= 11 is 0. The lowest BCUT2D eigenvalue weighted by Crippen LogP contribution is -2.15. The normalized spacial score (nSPS) is 19.8. The zero-order valence-electron chi connectivity index (χ0n) is 10.5. The molecule has 0 saturated carbocycles. The Labute approximate surface area is 102 Å². The van der Waals surface area contributed by atoms with Crippen molar-refractivity contribution in [3.8, 4) is 0 Å². The third kappa shape index (κ3) is 1.70. The molecule has 3 rings (SSSR count). The molecule has 1 aromatic heterocycles. The van der Waals surface area contributed by atoms with Crippen LogP contribution in [0.15, 0.2) is 40.3 Å². The number of furan rings is 1. The molecular weight excluding hydrogens is 208 g/mol. The van der Waals surface area contributed by atoms with Crippen molar-refractivity contribution in [1.29, 1.82) is 0 Å². The van der Waals surface area contributed by atoms with Crippen molar-refractivity contribution in [2.45, 2.75) is 33.1 Å². The van der Waals surface area contributed by atoms with Gasteiger partial charge in [0.15, 0.2) is 0 Å². The lowest BCUT2D eigenvalue weighted by molar-refractivity contribution is 0.504. The van der Waals surface area contributed by atoms with Crippen LogP contribution in [0.3, 0.4) is 0 Å². The van der Waals surface area contributed by atoms with Crippen molar-refractivity contribution in [3.63, 3.8) is 0 Å². The van der Waals surface area contributed by atoms with E-state index in [0.717, 1.165) is 17.3 Å². The quantitative estimate of drug-likeness (QED) is 0.715. The molecule has 1 aliphatic rings. The lowest BCUT2D eigenvalue weighted by atomic mass is 9.75. The highest BCUT2D eigenvalue weighted by molar-refractivity contribution is 5.83. The standard InChI is InChI=1S/C16H18O/c1-3-6-12-9-14(11(12)2)16-10-13-7-4-5-8-15(13)17-16/h4-5,7-8,10,12H,3,6,9H2,1-2H3. The molecular formula is C16H18O. The molecule has 0 radical (unpaired) electrons. The second-order valence-electron chi connectivity index (χ2n) is 5.00. The second-order valence-corrected chi connectivity index (χ2v) is 5.00. The second kappa shape index (κ2) is 4.06. The fourth-order valence-corrected chi connectivity index (χ4v) is 2.77. The maximum Gasteiger partial charge on any atom is 0.134 e. The summed E-state index contributed by atoms with van der Waals surface area (Å²) in [5, 5.41) is 1.21. The summed E-state index contributed by atoms with van der Waals surface area (Å²) in [6.07, 6.45) is 3.78. The van der Waals surface area contributed by atoms with E-state index >= 15 is 0 Å². The molecule has 0 N–H and O–H groups in total. The largest absolute Gasteiger partial charge is 0.456 e. The first kappa shape index (κ1) is 10.6. The molecule has 17 heavy (non-hydrogen) atoms. The summed E-state index contributed by atoms with van der Waals surface area (Å²) < 4.78 is 5.91. The van der Waals surface area contributed by atoms with Gasteiger partial charge in [0.2, 0.25) is 0 Å². The summed E-state index contributed by atoms with van der Waals surface area (Å²) in [5.74, 6) is 1.87. The predicted octanol–water partition coefficient (Wildman–Crippen LogP) is 5.03. The molecule has 0 fully saturated rings. The van der Waals surface area contributed by atoms with Gasteiger partial charge in [0.25, 0.3) is 0 Å². The Balaban J connectivity index is 1.95. The van der Waals surface area contributed by atoms with Gasteiger partial charge < -0.3 is 4.42 Å². The van der Waals surface area contributed by atoms with E-state index in [9.17, 15) is 0 Å². The summed E-state index contributed by atoms with van der Waals surface area (Å²) in [7, 11) is 0. The molecule has 0 saturated heterocycles. The number of hydrogen-bond acceptors (Lipinski definition) is 1. The molecule has 0 aliphatic heterocycles. The summed E-state index contributed by atoms with van der Waals surface area (Å²) in [6, 6.07) is 10.4. The van der Waals surface area contributed by atoms with Crippen molar-refractivity contribution in [1.82, 2.24) is 0 Å². The van der Waals surface area contributed by atoms with Gasteiger partial charge in [-0.15, -0.1) is 0 Å². The van der Waals surface area contributed by atoms with E-state index < -0.39 is 0 Å². The van der Waals surface area contributed by atoms with Gasteiger partial charge in [0, 0.05) is 5.39 Å². The fraction of sp³-hybridized carbons (Fsp3) is 0.375. The molecule has 0 bridgehead atoms. The van der Waals surface area contributed by atoms with E-state index in [1.165, 1.54) is 35.8 Å². The molecule has 1 aromatic carbocycles. The van der Waals surface area contributed by atoms with Gasteiger partial charge in [0.05, 0.1) is 0 Å². The lowest BCUT2D eigenvalue weighted by Gasteiger charge is -2.30. The van der Waals surface area contributed by atoms with E-state index in [1.807, 2.05) is 12.1 Å². The number of rotatable bonds is 3. The number of para-hydroxylation sites is 1. The zero-order chi connectivity index (χ0) is 11.8. The topological polar surface area (TPSA) is 13.1 Å². The molecule has 1 heterocycles. The highest BCUT2D eigenvalue weighted by Crippen LogP contribution is 2.44. The van der Waals surface area contributed by atoms with E-state index in [4.69, 9.17) is 4.42 Å². The van der Waals surface area contributed by atoms with Crippen LogP contribution in [0.4, 0.5) is 0 Å². The minimum atomic E-state index is 0.795. The summed E-state index contributed by atoms with van der Waals surface area (Å²) in [4.78, 5) is 0. The van der Waals surface area contributed by atoms with Crippen LogP contribution in [-0.4, -0.2) is 0 Å². The third-order valence-corrected chi connectivity index (χ3v) is 3.90. The highest BCUT2D eigenvalue weighted by atomic mass is 16.3. The van der Waals surface area contributed by atoms with Gasteiger partial charge in [-0.3, -0.25) is 0 Å². The molecule has 0 amide bonds. The number of allylic oxidation sites excluding steroid dienone is 2. The van der Waals surface area contributed by atoms with Gasteiger partial charge in [-0.05, 0) is 43.4 Å². The van der Waals surface area contributed by atoms with E-state index in [1.54, 1.807) is 0 Å². The molecule has 1 nitrogen and oxygen atoms in total. The zero-order valence-corrected chi connectivity index (χ0v) is 10.5. The first-order valence-corrected chi connectivity index (χ1v) is 6.48. The first-order valence-electron chi connectivity index (χ1n) is 6.48. The van der Waals surface area contributed by atoms with Gasteiger partial charge in [0.1, 0.15) is 11.3 Å². The summed E-state index contributed by atoms with van der Waals surface area (Å²) in [6.45, 7) is 4.51. The highest BCUT2D eigenvalue weighted by Gasteiger charge is 2.28. The maximum absolute atomic E-state index is 5.91. The van der Waals surface area contributed by atoms with Crippen molar-refractivity contribution in [2.75, 3.05) is 0 Å². The van der Waals surface area contributed by atoms with E-state index in [0.29, 0.717) is 0 Å². The number of hydrogen-bond donors (Lipinski definition) is 0. The first-order chi connectivity index (χ1) is 8.29. The van der Waals surface area contributed by atoms with Gasteiger partial charge in [-0.25, -0.2) is 0 Å². The summed E-state index contributed by atoms with van der Waals surface area (Å²) in [5.41, 5.74) is 3.97. The molecule has 88 valence electrons. The maximum atomic E-state index is 5.91. The third-order valence-electron chi connectivity index (χ3n) is 3.90. The van der Waals surface area contributed by atoms with Crippen LogP contribution in [0.25, 0.3) is 16.5 Å². The molecule has 1 atom stereocenters. The minimum absolute atomic E-state index is 0.795. The number of benzene rings is 1. The molecule has 2 aromatic rings. The smallest absolute Gasteiger partial charge is 0.134 e. The molecule has 1 unspecified atom stereocenters. The van der Waals surface area contributed by atoms with Gasteiger partial charge >= 0.3 is 0 Å². The Kier molecular flexibility index (Phi) is 2.54. The molecule has 0 spiro atoms. The SMILES string of the molecule is CCCC1CC(c2cc3ccccc3o2)=C1C. The van der Waals surface area contributed by atoms with Crippen molar-refractivity contribution in [3.05, 3.63) is 41.7 Å². The minimum Gasteiger partial charge on any atom is -0.456 e. The molecule has 1 heteroatoms. The average molecular weight is 226 g/mol. The van der Waals surface area contributed by atoms with E-state index in [-0.39, 0.29) is 0 Å². The van der Waals surface area contributed by atoms with Gasteiger partial charge in [-0.2, -0.15) is 0 Å². The Bertz CT molecular complexity index is 541. The Hall–Kier alpha value is -1.50. The van der Waals surface area contributed by atoms with Crippen LogP contribution in [0.5, 0.6) is 0 Å². The van der Waals surface area contributed by atoms with Crippen LogP contribution in [0.2, 0.25) is 0 Å². The Morgan fingerprint density at radius 2 is 2.12 bits per heavy atom. The van der Waals surface area contributed by atoms with Crippen LogP contribution >= 0.6 is 0 Å². The van der Waals surface area contributed by atoms with E-state index in [2.05, 4.69) is 32.0 Å². The fourth-order valence-electron chi connectivity index (χ4n) is 2.77. The van der Waals surface area contributed by atoms with Crippen LogP contribution in [0, 0.1) is 5.92 Å². The van der Waals surface area contributed by atoms with Crippen LogP contribution in [0.1, 0.15) is 38.9 Å². The Morgan fingerprint density at radius 1 is 1.29 bits per heavy atom. The average Bonchev–Trinajstić information content (AvgIpc) is 2.76. The van der Waals surface area contributed by atoms with Crippen molar-refractivity contribution in [2.24, 2.45) is 5.92 Å².